The van der Waals surface area contributed by atoms with Crippen LogP contribution in [0.4, 0.5) is 0 Å². The highest BCUT2D eigenvalue weighted by atomic mass is 16.2. The van der Waals surface area contributed by atoms with E-state index in [1.54, 1.807) is 0 Å². The van der Waals surface area contributed by atoms with Gasteiger partial charge in [-0.1, -0.05) is 33.1 Å². The van der Waals surface area contributed by atoms with E-state index in [1.165, 1.54) is 0 Å². The Hall–Kier alpha value is -1.05. The lowest BCUT2D eigenvalue weighted by molar-refractivity contribution is -0.124. The second-order valence-corrected chi connectivity index (χ2v) is 5.84. The second kappa shape index (κ2) is 7.66. The summed E-state index contributed by atoms with van der Waals surface area (Å²) in [5.41, 5.74) is 5.60. The van der Waals surface area contributed by atoms with Crippen LogP contribution in [0.25, 0.3) is 0 Å². The van der Waals surface area contributed by atoms with E-state index in [1.807, 2.05) is 13.8 Å². The van der Waals surface area contributed by atoms with Gasteiger partial charge in [0.2, 0.25) is 5.91 Å². The molecule has 1 saturated heterocycles. The molecule has 0 aromatic carbocycles. The molecule has 20 heavy (non-hydrogen) atoms. The molecule has 0 saturated carbocycles. The van der Waals surface area contributed by atoms with Crippen molar-refractivity contribution in [2.24, 2.45) is 11.7 Å². The molecular formula is C16H29N3O. The Morgan fingerprint density at radius 1 is 1.45 bits per heavy atom. The van der Waals surface area contributed by atoms with Gasteiger partial charge in [0.05, 0.1) is 6.54 Å². The fourth-order valence-electron chi connectivity index (χ4n) is 2.88. The van der Waals surface area contributed by atoms with Crippen molar-refractivity contribution in [2.45, 2.75) is 58.0 Å². The maximum atomic E-state index is 12.2. The van der Waals surface area contributed by atoms with Crippen molar-refractivity contribution in [3.8, 4) is 12.3 Å². The van der Waals surface area contributed by atoms with Gasteiger partial charge < -0.3 is 11.1 Å². The highest BCUT2D eigenvalue weighted by Crippen LogP contribution is 2.18. The number of hydrogen-bond acceptors (Lipinski definition) is 3. The van der Waals surface area contributed by atoms with Crippen LogP contribution in [-0.2, 0) is 4.79 Å². The van der Waals surface area contributed by atoms with Crippen molar-refractivity contribution >= 4 is 5.91 Å². The topological polar surface area (TPSA) is 58.4 Å². The number of amides is 1. The Morgan fingerprint density at radius 2 is 2.10 bits per heavy atom. The first kappa shape index (κ1) is 17.0. The molecule has 2 unspecified atom stereocenters. The van der Waals surface area contributed by atoms with Gasteiger partial charge in [-0.2, -0.15) is 0 Å². The Labute approximate surface area is 123 Å². The van der Waals surface area contributed by atoms with Gasteiger partial charge in [-0.15, -0.1) is 6.42 Å². The molecule has 1 amide bonds. The summed E-state index contributed by atoms with van der Waals surface area (Å²) in [7, 11) is 0. The summed E-state index contributed by atoms with van der Waals surface area (Å²) in [5, 5.41) is 3.02. The van der Waals surface area contributed by atoms with Gasteiger partial charge in [0, 0.05) is 19.1 Å². The van der Waals surface area contributed by atoms with Gasteiger partial charge in [0.25, 0.3) is 0 Å². The fraction of sp³-hybridized carbons (Fsp3) is 0.812. The maximum absolute atomic E-state index is 12.2. The van der Waals surface area contributed by atoms with Crippen molar-refractivity contribution in [3.05, 3.63) is 0 Å². The summed E-state index contributed by atoms with van der Waals surface area (Å²) in [6, 6.07) is 0.274. The van der Waals surface area contributed by atoms with Crippen LogP contribution < -0.4 is 11.1 Å². The average molecular weight is 279 g/mol. The summed E-state index contributed by atoms with van der Waals surface area (Å²) in [4.78, 5) is 14.4. The second-order valence-electron chi connectivity index (χ2n) is 5.84. The standard InChI is InChI=1S/C16H29N3O/c1-5-13-11-19(10-9-14(13)17)12-15(20)18-16(6-2,7-3)8-4/h2,13-14H,5,7-12,17H2,1,3-4H3,(H,18,20). The molecule has 1 aliphatic heterocycles. The van der Waals surface area contributed by atoms with Crippen molar-refractivity contribution in [1.82, 2.24) is 10.2 Å². The average Bonchev–Trinajstić information content (AvgIpc) is 2.47. The quantitative estimate of drug-likeness (QED) is 0.722. The summed E-state index contributed by atoms with van der Waals surface area (Å²) in [6.07, 6.45) is 9.13. The number of nitrogens with zero attached hydrogens (tertiary/aromatic N) is 1. The fourth-order valence-corrected chi connectivity index (χ4v) is 2.88. The number of terminal acetylenes is 1. The minimum atomic E-state index is -0.493. The zero-order valence-corrected chi connectivity index (χ0v) is 13.1. The van der Waals surface area contributed by atoms with Crippen molar-refractivity contribution < 1.29 is 4.79 Å². The first-order chi connectivity index (χ1) is 9.50. The number of carbonyl (C=O) groups excluding carboxylic acids is 1. The lowest BCUT2D eigenvalue weighted by atomic mass is 9.90. The molecular weight excluding hydrogens is 250 g/mol. The van der Waals surface area contributed by atoms with E-state index in [2.05, 4.69) is 23.1 Å². The van der Waals surface area contributed by atoms with Crippen LogP contribution >= 0.6 is 0 Å². The van der Waals surface area contributed by atoms with Gasteiger partial charge in [-0.05, 0) is 25.2 Å². The van der Waals surface area contributed by atoms with E-state index in [0.29, 0.717) is 12.5 Å². The summed E-state index contributed by atoms with van der Waals surface area (Å²) < 4.78 is 0. The first-order valence-electron chi connectivity index (χ1n) is 7.76. The van der Waals surface area contributed by atoms with Crippen molar-refractivity contribution in [3.63, 3.8) is 0 Å². The van der Waals surface area contributed by atoms with E-state index in [-0.39, 0.29) is 11.9 Å². The molecule has 1 heterocycles. The van der Waals surface area contributed by atoms with E-state index in [4.69, 9.17) is 12.2 Å². The number of hydrogen-bond donors (Lipinski definition) is 2. The van der Waals surface area contributed by atoms with Gasteiger partial charge in [0.1, 0.15) is 5.54 Å². The van der Waals surface area contributed by atoms with Crippen LogP contribution in [0, 0.1) is 18.3 Å². The van der Waals surface area contributed by atoms with E-state index in [0.717, 1.165) is 38.8 Å². The number of piperidine rings is 1. The van der Waals surface area contributed by atoms with Crippen LogP contribution in [0.15, 0.2) is 0 Å². The summed E-state index contributed by atoms with van der Waals surface area (Å²) >= 11 is 0. The Bertz CT molecular complexity index is 357. The number of rotatable bonds is 6. The monoisotopic (exact) mass is 279 g/mol. The molecule has 1 fully saturated rings. The van der Waals surface area contributed by atoms with E-state index in [9.17, 15) is 4.79 Å². The third-order valence-corrected chi connectivity index (χ3v) is 4.63. The zero-order chi connectivity index (χ0) is 15.2. The zero-order valence-electron chi connectivity index (χ0n) is 13.1. The van der Waals surface area contributed by atoms with E-state index >= 15 is 0 Å². The van der Waals surface area contributed by atoms with Crippen molar-refractivity contribution in [1.29, 1.82) is 0 Å². The molecule has 0 aliphatic carbocycles. The molecule has 1 aliphatic rings. The molecule has 4 nitrogen and oxygen atoms in total. The Kier molecular flexibility index (Phi) is 6.51. The minimum absolute atomic E-state index is 0.0250. The number of nitrogens with two attached hydrogens (primary N) is 1. The maximum Gasteiger partial charge on any atom is 0.235 e. The molecule has 1 rings (SSSR count). The molecule has 0 aromatic rings. The van der Waals surface area contributed by atoms with Crippen LogP contribution in [-0.4, -0.2) is 42.0 Å². The Balaban J connectivity index is 2.53. The van der Waals surface area contributed by atoms with Crippen LogP contribution in [0.1, 0.15) is 46.5 Å². The summed E-state index contributed by atoms with van der Waals surface area (Å²) in [6.45, 7) is 8.41. The first-order valence-corrected chi connectivity index (χ1v) is 7.76. The molecule has 0 bridgehead atoms. The predicted octanol–water partition coefficient (Wildman–Crippen LogP) is 1.35. The molecule has 0 spiro atoms. The molecule has 2 atom stereocenters. The van der Waals surface area contributed by atoms with Gasteiger partial charge >= 0.3 is 0 Å². The van der Waals surface area contributed by atoms with Crippen LogP contribution in [0.3, 0.4) is 0 Å². The highest BCUT2D eigenvalue weighted by molar-refractivity contribution is 5.79. The lowest BCUT2D eigenvalue weighted by Crippen LogP contribution is -2.53. The lowest BCUT2D eigenvalue weighted by Gasteiger charge is -2.37. The number of nitrogens with one attached hydrogen (secondary N) is 1. The van der Waals surface area contributed by atoms with Crippen molar-refractivity contribution in [2.75, 3.05) is 19.6 Å². The van der Waals surface area contributed by atoms with Gasteiger partial charge in [0.15, 0.2) is 0 Å². The normalized spacial score (nSPS) is 24.1. The molecule has 3 N–H and O–H groups in total. The molecule has 0 aromatic heterocycles. The molecule has 0 radical (unpaired) electrons. The Morgan fingerprint density at radius 3 is 2.60 bits per heavy atom. The SMILES string of the molecule is C#CC(CC)(CC)NC(=O)CN1CCC(N)C(CC)C1. The largest absolute Gasteiger partial charge is 0.339 e. The van der Waals surface area contributed by atoms with Crippen LogP contribution in [0.5, 0.6) is 0 Å². The summed E-state index contributed by atoms with van der Waals surface area (Å²) in [5.74, 6) is 3.26. The number of likely N-dealkylation sites (tertiary alicyclic amines) is 1. The van der Waals surface area contributed by atoms with Gasteiger partial charge in [-0.3, -0.25) is 9.69 Å². The molecule has 4 heteroatoms. The smallest absolute Gasteiger partial charge is 0.235 e. The predicted molar refractivity (Wildman–Crippen MR) is 83.1 cm³/mol. The third-order valence-electron chi connectivity index (χ3n) is 4.63. The number of carbonyl (C=O) groups is 1. The van der Waals surface area contributed by atoms with E-state index < -0.39 is 5.54 Å². The molecule has 114 valence electrons. The third kappa shape index (κ3) is 4.22. The minimum Gasteiger partial charge on any atom is -0.339 e. The highest BCUT2D eigenvalue weighted by Gasteiger charge is 2.29. The van der Waals surface area contributed by atoms with Gasteiger partial charge in [-0.25, -0.2) is 0 Å². The van der Waals surface area contributed by atoms with Crippen LogP contribution in [0.2, 0.25) is 0 Å².